The Morgan fingerprint density at radius 2 is 1.85 bits per heavy atom. The highest BCUT2D eigenvalue weighted by Gasteiger charge is 2.39. The van der Waals surface area contributed by atoms with E-state index in [-0.39, 0.29) is 24.3 Å². The maximum Gasteiger partial charge on any atom is 0.314 e. The summed E-state index contributed by atoms with van der Waals surface area (Å²) in [6.07, 6.45) is 1.48. The molecule has 112 valence electrons. The summed E-state index contributed by atoms with van der Waals surface area (Å²) in [5.74, 6) is -1.68. The number of urea groups is 1. The molecule has 0 radical (unpaired) electrons. The van der Waals surface area contributed by atoms with E-state index in [1.165, 1.54) is 4.90 Å². The third-order valence-electron chi connectivity index (χ3n) is 4.32. The third kappa shape index (κ3) is 2.86. The molecule has 3 amide bonds. The summed E-state index contributed by atoms with van der Waals surface area (Å²) in [5, 5.41) is 9.10. The first-order valence-electron chi connectivity index (χ1n) is 6.96. The molecule has 0 aromatic heterocycles. The van der Waals surface area contributed by atoms with E-state index in [9.17, 15) is 14.4 Å². The van der Waals surface area contributed by atoms with Gasteiger partial charge in [0.2, 0.25) is 5.91 Å². The lowest BCUT2D eigenvalue weighted by molar-refractivity contribution is -0.142. The number of hydrogen-bond acceptors (Lipinski definition) is 3. The van der Waals surface area contributed by atoms with E-state index in [4.69, 9.17) is 10.8 Å². The molecule has 0 aliphatic carbocycles. The molecule has 3 N–H and O–H groups in total. The highest BCUT2D eigenvalue weighted by molar-refractivity contribution is 5.82. The van der Waals surface area contributed by atoms with Gasteiger partial charge in [-0.25, -0.2) is 4.79 Å². The van der Waals surface area contributed by atoms with Gasteiger partial charge in [-0.05, 0) is 18.8 Å². The topological polar surface area (TPSA) is 104 Å². The molecule has 0 bridgehead atoms. The van der Waals surface area contributed by atoms with Crippen LogP contribution in [0.1, 0.15) is 19.8 Å². The van der Waals surface area contributed by atoms with Gasteiger partial charge in [0.05, 0.1) is 11.8 Å². The lowest BCUT2D eigenvalue weighted by Crippen LogP contribution is -2.48. The number of likely N-dealkylation sites (tertiary alicyclic amines) is 2. The van der Waals surface area contributed by atoms with E-state index in [0.29, 0.717) is 19.6 Å². The van der Waals surface area contributed by atoms with Gasteiger partial charge < -0.3 is 20.6 Å². The Morgan fingerprint density at radius 3 is 2.40 bits per heavy atom. The van der Waals surface area contributed by atoms with E-state index in [1.807, 2.05) is 6.92 Å². The molecule has 2 heterocycles. The van der Waals surface area contributed by atoms with Gasteiger partial charge in [-0.2, -0.15) is 0 Å². The summed E-state index contributed by atoms with van der Waals surface area (Å²) in [5.41, 5.74) is 5.25. The summed E-state index contributed by atoms with van der Waals surface area (Å²) in [6, 6.07) is -0.499. The van der Waals surface area contributed by atoms with Crippen molar-refractivity contribution in [2.24, 2.45) is 23.5 Å². The smallest absolute Gasteiger partial charge is 0.314 e. The van der Waals surface area contributed by atoms with Gasteiger partial charge in [0.1, 0.15) is 0 Å². The van der Waals surface area contributed by atoms with E-state index >= 15 is 0 Å². The van der Waals surface area contributed by atoms with Crippen molar-refractivity contribution in [1.29, 1.82) is 0 Å². The SMILES string of the molecule is CC1CN(C(=O)C2CCCN(C(N)=O)C2)CC1C(=O)O. The fourth-order valence-corrected chi connectivity index (χ4v) is 3.11. The summed E-state index contributed by atoms with van der Waals surface area (Å²) in [4.78, 5) is 37.8. The lowest BCUT2D eigenvalue weighted by Gasteiger charge is -2.32. The van der Waals surface area contributed by atoms with Gasteiger partial charge in [0.15, 0.2) is 0 Å². The molecule has 0 aromatic carbocycles. The van der Waals surface area contributed by atoms with Crippen LogP contribution in [-0.4, -0.2) is 59.0 Å². The quantitative estimate of drug-likeness (QED) is 0.741. The van der Waals surface area contributed by atoms with E-state index in [0.717, 1.165) is 12.8 Å². The summed E-state index contributed by atoms with van der Waals surface area (Å²) in [7, 11) is 0. The van der Waals surface area contributed by atoms with Crippen molar-refractivity contribution in [2.45, 2.75) is 19.8 Å². The maximum atomic E-state index is 12.4. The highest BCUT2D eigenvalue weighted by Crippen LogP contribution is 2.27. The number of carbonyl (C=O) groups excluding carboxylic acids is 2. The average Bonchev–Trinajstić information content (AvgIpc) is 2.80. The second-order valence-corrected chi connectivity index (χ2v) is 5.79. The minimum absolute atomic E-state index is 0.0349. The summed E-state index contributed by atoms with van der Waals surface area (Å²) in [6.45, 7) is 3.53. The van der Waals surface area contributed by atoms with Crippen molar-refractivity contribution in [1.82, 2.24) is 9.80 Å². The van der Waals surface area contributed by atoms with E-state index in [2.05, 4.69) is 0 Å². The molecule has 0 saturated carbocycles. The van der Waals surface area contributed by atoms with Crippen molar-refractivity contribution >= 4 is 17.9 Å². The van der Waals surface area contributed by atoms with Crippen LogP contribution in [-0.2, 0) is 9.59 Å². The van der Waals surface area contributed by atoms with Crippen LogP contribution in [0, 0.1) is 17.8 Å². The van der Waals surface area contributed by atoms with Crippen molar-refractivity contribution < 1.29 is 19.5 Å². The van der Waals surface area contributed by atoms with Crippen molar-refractivity contribution in [3.05, 3.63) is 0 Å². The van der Waals surface area contributed by atoms with Crippen LogP contribution in [0.25, 0.3) is 0 Å². The number of carbonyl (C=O) groups is 3. The normalized spacial score (nSPS) is 30.4. The van der Waals surface area contributed by atoms with Crippen LogP contribution in [0.5, 0.6) is 0 Å². The monoisotopic (exact) mass is 283 g/mol. The average molecular weight is 283 g/mol. The van der Waals surface area contributed by atoms with Crippen molar-refractivity contribution in [3.8, 4) is 0 Å². The largest absolute Gasteiger partial charge is 0.481 e. The molecule has 0 spiro atoms. The molecule has 2 aliphatic rings. The molecule has 20 heavy (non-hydrogen) atoms. The van der Waals surface area contributed by atoms with Crippen LogP contribution in [0.2, 0.25) is 0 Å². The van der Waals surface area contributed by atoms with Gasteiger partial charge in [-0.15, -0.1) is 0 Å². The van der Waals surface area contributed by atoms with Crippen LogP contribution in [0.4, 0.5) is 4.79 Å². The molecule has 2 aliphatic heterocycles. The first-order chi connectivity index (χ1) is 9.40. The minimum Gasteiger partial charge on any atom is -0.481 e. The number of rotatable bonds is 2. The van der Waals surface area contributed by atoms with Crippen LogP contribution >= 0.6 is 0 Å². The predicted molar refractivity (Wildman–Crippen MR) is 70.8 cm³/mol. The maximum absolute atomic E-state index is 12.4. The van der Waals surface area contributed by atoms with E-state index < -0.39 is 17.9 Å². The number of carboxylic acids is 1. The highest BCUT2D eigenvalue weighted by atomic mass is 16.4. The fourth-order valence-electron chi connectivity index (χ4n) is 3.11. The Morgan fingerprint density at radius 1 is 1.15 bits per heavy atom. The number of amides is 3. The number of piperidine rings is 1. The van der Waals surface area contributed by atoms with E-state index in [1.54, 1.807) is 4.90 Å². The Kier molecular flexibility index (Phi) is 4.15. The van der Waals surface area contributed by atoms with Gasteiger partial charge in [0, 0.05) is 26.2 Å². The zero-order valence-corrected chi connectivity index (χ0v) is 11.6. The second-order valence-electron chi connectivity index (χ2n) is 5.79. The zero-order chi connectivity index (χ0) is 14.9. The summed E-state index contributed by atoms with van der Waals surface area (Å²) >= 11 is 0. The van der Waals surface area contributed by atoms with Crippen LogP contribution < -0.4 is 5.73 Å². The minimum atomic E-state index is -0.852. The molecular formula is C13H21N3O4. The molecule has 3 atom stereocenters. The van der Waals surface area contributed by atoms with Gasteiger partial charge in [-0.1, -0.05) is 6.92 Å². The Bertz CT molecular complexity index is 420. The number of carboxylic acid groups (broad SMARTS) is 1. The predicted octanol–water partition coefficient (Wildman–Crippen LogP) is -0.0438. The van der Waals surface area contributed by atoms with Crippen LogP contribution in [0.15, 0.2) is 0 Å². The Balaban J connectivity index is 1.98. The van der Waals surface area contributed by atoms with Gasteiger partial charge >= 0.3 is 12.0 Å². The second kappa shape index (κ2) is 5.68. The molecule has 3 unspecified atom stereocenters. The molecule has 2 fully saturated rings. The molecule has 2 rings (SSSR count). The number of primary amides is 1. The summed E-state index contributed by atoms with van der Waals surface area (Å²) < 4.78 is 0. The lowest BCUT2D eigenvalue weighted by atomic mass is 9.97. The molecule has 2 saturated heterocycles. The molecule has 7 heteroatoms. The third-order valence-corrected chi connectivity index (χ3v) is 4.32. The first kappa shape index (κ1) is 14.6. The zero-order valence-electron chi connectivity index (χ0n) is 11.6. The van der Waals surface area contributed by atoms with Crippen molar-refractivity contribution in [2.75, 3.05) is 26.2 Å². The number of hydrogen-bond donors (Lipinski definition) is 2. The Labute approximate surface area is 117 Å². The molecular weight excluding hydrogens is 262 g/mol. The number of nitrogens with zero attached hydrogens (tertiary/aromatic N) is 2. The molecule has 7 nitrogen and oxygen atoms in total. The molecule has 0 aromatic rings. The van der Waals surface area contributed by atoms with Gasteiger partial charge in [0.25, 0.3) is 0 Å². The number of aliphatic carboxylic acids is 1. The standard InChI is InChI=1S/C13H21N3O4/c1-8-5-16(7-10(8)12(18)19)11(17)9-3-2-4-15(6-9)13(14)20/h8-10H,2-7H2,1H3,(H2,14,20)(H,18,19). The first-order valence-corrected chi connectivity index (χ1v) is 6.96. The van der Waals surface area contributed by atoms with Gasteiger partial charge in [-0.3, -0.25) is 9.59 Å². The number of nitrogens with two attached hydrogens (primary N) is 1. The Hall–Kier alpha value is -1.79. The van der Waals surface area contributed by atoms with Crippen molar-refractivity contribution in [3.63, 3.8) is 0 Å². The van der Waals surface area contributed by atoms with Crippen LogP contribution in [0.3, 0.4) is 0 Å². The fraction of sp³-hybridized carbons (Fsp3) is 0.769.